The Morgan fingerprint density at radius 1 is 0.828 bits per heavy atom. The van der Waals surface area contributed by atoms with Crippen molar-refractivity contribution < 1.29 is 18.6 Å². The fraction of sp³-hybridized carbons (Fsp3) is 0.478. The first kappa shape index (κ1) is 22.8. The summed E-state index contributed by atoms with van der Waals surface area (Å²) in [6.45, 7) is 10.8. The number of benzene rings is 2. The van der Waals surface area contributed by atoms with Crippen LogP contribution in [0.2, 0.25) is 0 Å². The molecule has 2 aromatic rings. The van der Waals surface area contributed by atoms with Crippen LogP contribution in [0.5, 0.6) is 17.2 Å². The Bertz CT molecular complexity index is 766. The molecule has 5 nitrogen and oxygen atoms in total. The molecule has 160 valence electrons. The molecular formula is C23H33FN2O3. The molecule has 0 bridgehead atoms. The highest BCUT2D eigenvalue weighted by atomic mass is 19.1. The Morgan fingerprint density at radius 3 is 2.10 bits per heavy atom. The molecule has 0 aliphatic rings. The number of anilines is 1. The molecule has 2 rings (SSSR count). The van der Waals surface area contributed by atoms with Gasteiger partial charge in [-0.3, -0.25) is 0 Å². The van der Waals surface area contributed by atoms with Crippen molar-refractivity contribution in [3.8, 4) is 17.2 Å². The van der Waals surface area contributed by atoms with Crippen molar-refractivity contribution in [2.75, 3.05) is 51.9 Å². The molecule has 0 saturated carbocycles. The fourth-order valence-corrected chi connectivity index (χ4v) is 3.21. The van der Waals surface area contributed by atoms with Gasteiger partial charge in [0.1, 0.15) is 6.61 Å². The Kier molecular flexibility index (Phi) is 9.06. The Hall–Kier alpha value is -2.47. The van der Waals surface area contributed by atoms with Gasteiger partial charge >= 0.3 is 0 Å². The predicted molar refractivity (Wildman–Crippen MR) is 116 cm³/mol. The maximum absolute atomic E-state index is 14.5. The second kappa shape index (κ2) is 11.5. The lowest BCUT2D eigenvalue weighted by molar-refractivity contribution is 0.217. The van der Waals surface area contributed by atoms with E-state index in [0.29, 0.717) is 30.4 Å². The van der Waals surface area contributed by atoms with Gasteiger partial charge in [0.15, 0.2) is 23.1 Å². The molecule has 0 aromatic heterocycles. The quantitative estimate of drug-likeness (QED) is 0.517. The van der Waals surface area contributed by atoms with E-state index in [1.54, 1.807) is 26.4 Å². The Balaban J connectivity index is 2.05. The zero-order valence-electron chi connectivity index (χ0n) is 18.2. The van der Waals surface area contributed by atoms with Crippen molar-refractivity contribution in [2.45, 2.75) is 27.3 Å². The van der Waals surface area contributed by atoms with Gasteiger partial charge in [0.25, 0.3) is 0 Å². The zero-order chi connectivity index (χ0) is 21.2. The third-order valence-electron chi connectivity index (χ3n) is 5.04. The van der Waals surface area contributed by atoms with Gasteiger partial charge in [-0.15, -0.1) is 0 Å². The molecule has 2 aromatic carbocycles. The number of rotatable bonds is 12. The summed E-state index contributed by atoms with van der Waals surface area (Å²) < 4.78 is 30.9. The standard InChI is InChI=1S/C23H33FN2O3/c1-6-25(7-2)13-14-29-21-11-9-18(15-20(21)24)17-26(8-3)19-10-12-22(27-4)23(16-19)28-5/h9-12,15-16H,6-8,13-14,17H2,1-5H3. The van der Waals surface area contributed by atoms with Crippen LogP contribution in [0.4, 0.5) is 10.1 Å². The van der Waals surface area contributed by atoms with E-state index in [0.717, 1.165) is 37.4 Å². The van der Waals surface area contributed by atoms with Crippen molar-refractivity contribution in [1.29, 1.82) is 0 Å². The van der Waals surface area contributed by atoms with Crippen molar-refractivity contribution in [3.63, 3.8) is 0 Å². The SMILES string of the molecule is CCN(CC)CCOc1ccc(CN(CC)c2ccc(OC)c(OC)c2)cc1F. The second-order valence-electron chi connectivity index (χ2n) is 6.69. The molecule has 0 fully saturated rings. The van der Waals surface area contributed by atoms with E-state index < -0.39 is 0 Å². The van der Waals surface area contributed by atoms with Gasteiger partial charge in [-0.2, -0.15) is 0 Å². The van der Waals surface area contributed by atoms with Crippen LogP contribution >= 0.6 is 0 Å². The number of likely N-dealkylation sites (N-methyl/N-ethyl adjacent to an activating group) is 1. The van der Waals surface area contributed by atoms with Gasteiger partial charge in [0.2, 0.25) is 0 Å². The number of hydrogen-bond acceptors (Lipinski definition) is 5. The van der Waals surface area contributed by atoms with E-state index in [1.165, 1.54) is 0 Å². The first-order valence-electron chi connectivity index (χ1n) is 10.2. The first-order chi connectivity index (χ1) is 14.1. The summed E-state index contributed by atoms with van der Waals surface area (Å²) in [5.41, 5.74) is 1.88. The van der Waals surface area contributed by atoms with Gasteiger partial charge in [-0.1, -0.05) is 19.9 Å². The monoisotopic (exact) mass is 404 g/mol. The number of hydrogen-bond donors (Lipinski definition) is 0. The number of halogens is 1. The third kappa shape index (κ3) is 6.26. The van der Waals surface area contributed by atoms with Crippen LogP contribution in [-0.2, 0) is 6.54 Å². The topological polar surface area (TPSA) is 34.2 Å². The molecule has 0 unspecified atom stereocenters. The highest BCUT2D eigenvalue weighted by Gasteiger charge is 2.12. The normalized spacial score (nSPS) is 10.9. The molecule has 0 aliphatic carbocycles. The first-order valence-corrected chi connectivity index (χ1v) is 10.2. The molecule has 0 atom stereocenters. The molecule has 29 heavy (non-hydrogen) atoms. The van der Waals surface area contributed by atoms with Crippen molar-refractivity contribution in [1.82, 2.24) is 4.90 Å². The van der Waals surface area contributed by atoms with Crippen LogP contribution in [0.15, 0.2) is 36.4 Å². The van der Waals surface area contributed by atoms with Crippen LogP contribution in [-0.4, -0.2) is 51.9 Å². The minimum atomic E-state index is -0.328. The van der Waals surface area contributed by atoms with Gasteiger partial charge in [0.05, 0.1) is 14.2 Å². The molecule has 6 heteroatoms. The van der Waals surface area contributed by atoms with Crippen LogP contribution < -0.4 is 19.1 Å². The summed E-state index contributed by atoms with van der Waals surface area (Å²) in [7, 11) is 3.23. The van der Waals surface area contributed by atoms with Crippen LogP contribution in [0.3, 0.4) is 0 Å². The van der Waals surface area contributed by atoms with E-state index in [4.69, 9.17) is 14.2 Å². The van der Waals surface area contributed by atoms with E-state index in [1.807, 2.05) is 24.3 Å². The van der Waals surface area contributed by atoms with Crippen LogP contribution in [0.25, 0.3) is 0 Å². The summed E-state index contributed by atoms with van der Waals surface area (Å²) in [6.07, 6.45) is 0. The lowest BCUT2D eigenvalue weighted by Gasteiger charge is -2.24. The second-order valence-corrected chi connectivity index (χ2v) is 6.69. The molecule has 0 spiro atoms. The highest BCUT2D eigenvalue weighted by Crippen LogP contribution is 2.32. The maximum atomic E-state index is 14.5. The average molecular weight is 405 g/mol. The van der Waals surface area contributed by atoms with Crippen LogP contribution in [0.1, 0.15) is 26.3 Å². The lowest BCUT2D eigenvalue weighted by atomic mass is 10.1. The van der Waals surface area contributed by atoms with E-state index in [-0.39, 0.29) is 5.82 Å². The summed E-state index contributed by atoms with van der Waals surface area (Å²) in [4.78, 5) is 4.40. The van der Waals surface area contributed by atoms with Crippen molar-refractivity contribution >= 4 is 5.69 Å². The van der Waals surface area contributed by atoms with Gasteiger partial charge in [-0.05, 0) is 49.8 Å². The summed E-state index contributed by atoms with van der Waals surface area (Å²) in [5.74, 6) is 1.33. The Morgan fingerprint density at radius 2 is 1.52 bits per heavy atom. The van der Waals surface area contributed by atoms with Gasteiger partial charge in [0, 0.05) is 31.4 Å². The summed E-state index contributed by atoms with van der Waals surface area (Å²) in [5, 5.41) is 0. The number of methoxy groups -OCH3 is 2. The molecule has 0 amide bonds. The molecular weight excluding hydrogens is 371 g/mol. The minimum absolute atomic E-state index is 0.301. The predicted octanol–water partition coefficient (Wildman–Crippen LogP) is 4.59. The van der Waals surface area contributed by atoms with E-state index in [2.05, 4.69) is 30.6 Å². The molecule has 0 saturated heterocycles. The summed E-state index contributed by atoms with van der Waals surface area (Å²) in [6, 6.07) is 11.0. The number of nitrogens with zero attached hydrogens (tertiary/aromatic N) is 2. The highest BCUT2D eigenvalue weighted by molar-refractivity contribution is 5.56. The van der Waals surface area contributed by atoms with Crippen molar-refractivity contribution in [3.05, 3.63) is 47.8 Å². The smallest absolute Gasteiger partial charge is 0.165 e. The van der Waals surface area contributed by atoms with Crippen LogP contribution in [0, 0.1) is 5.82 Å². The molecule has 0 heterocycles. The molecule has 0 aliphatic heterocycles. The van der Waals surface area contributed by atoms with E-state index >= 15 is 0 Å². The minimum Gasteiger partial charge on any atom is -0.493 e. The molecule has 0 N–H and O–H groups in total. The third-order valence-corrected chi connectivity index (χ3v) is 5.04. The average Bonchev–Trinajstić information content (AvgIpc) is 2.75. The zero-order valence-corrected chi connectivity index (χ0v) is 18.2. The van der Waals surface area contributed by atoms with Gasteiger partial charge < -0.3 is 24.0 Å². The number of ether oxygens (including phenoxy) is 3. The Labute approximate surface area is 174 Å². The fourth-order valence-electron chi connectivity index (χ4n) is 3.21. The summed E-state index contributed by atoms with van der Waals surface area (Å²) >= 11 is 0. The van der Waals surface area contributed by atoms with E-state index in [9.17, 15) is 4.39 Å². The largest absolute Gasteiger partial charge is 0.493 e. The molecule has 0 radical (unpaired) electrons. The maximum Gasteiger partial charge on any atom is 0.165 e. The van der Waals surface area contributed by atoms with Gasteiger partial charge in [-0.25, -0.2) is 4.39 Å². The lowest BCUT2D eigenvalue weighted by Crippen LogP contribution is -2.28. The van der Waals surface area contributed by atoms with Crippen molar-refractivity contribution in [2.24, 2.45) is 0 Å².